The predicted molar refractivity (Wildman–Crippen MR) is 121 cm³/mol. The van der Waals surface area contributed by atoms with Crippen molar-refractivity contribution in [2.75, 3.05) is 19.6 Å². The largest absolute Gasteiger partial charge is 0.348 e. The lowest BCUT2D eigenvalue weighted by Crippen LogP contribution is -2.37. The van der Waals surface area contributed by atoms with Crippen molar-refractivity contribution in [1.82, 2.24) is 29.0 Å². The number of hydrogen-bond acceptors (Lipinski definition) is 6. The molecular weight excluding hydrogens is 402 g/mol. The van der Waals surface area contributed by atoms with E-state index in [1.54, 1.807) is 27.7 Å². The summed E-state index contributed by atoms with van der Waals surface area (Å²) in [7, 11) is 0. The summed E-state index contributed by atoms with van der Waals surface area (Å²) in [5.74, 6) is 0.166. The Labute approximate surface area is 185 Å². The van der Waals surface area contributed by atoms with E-state index in [1.165, 1.54) is 0 Å². The monoisotopic (exact) mass is 425 g/mol. The van der Waals surface area contributed by atoms with Crippen LogP contribution in [0.15, 0.2) is 66.0 Å². The average molecular weight is 425 g/mol. The number of nitriles is 1. The van der Waals surface area contributed by atoms with Gasteiger partial charge in [-0.05, 0) is 37.6 Å². The van der Waals surface area contributed by atoms with E-state index in [4.69, 9.17) is 5.26 Å². The Morgan fingerprint density at radius 2 is 1.84 bits per heavy atom. The summed E-state index contributed by atoms with van der Waals surface area (Å²) in [6.45, 7) is 3.17. The van der Waals surface area contributed by atoms with E-state index in [0.717, 1.165) is 54.8 Å². The molecule has 3 aromatic heterocycles. The average Bonchev–Trinajstić information content (AvgIpc) is 3.27. The summed E-state index contributed by atoms with van der Waals surface area (Å²) in [6.07, 6.45) is 8.96. The maximum absolute atomic E-state index is 12.6. The van der Waals surface area contributed by atoms with Gasteiger partial charge in [-0.2, -0.15) is 15.3 Å². The van der Waals surface area contributed by atoms with Crippen molar-refractivity contribution in [3.05, 3.63) is 71.7 Å². The molecule has 1 aromatic carbocycles. The minimum atomic E-state index is -0.278. The van der Waals surface area contributed by atoms with Crippen LogP contribution in [-0.2, 0) is 6.54 Å². The van der Waals surface area contributed by atoms with Crippen molar-refractivity contribution in [2.45, 2.75) is 19.4 Å². The van der Waals surface area contributed by atoms with Crippen LogP contribution in [0.25, 0.3) is 28.0 Å². The van der Waals surface area contributed by atoms with Gasteiger partial charge in [0.05, 0.1) is 18.0 Å². The first kappa shape index (κ1) is 20.1. The zero-order valence-corrected chi connectivity index (χ0v) is 17.6. The molecule has 5 rings (SSSR count). The highest BCUT2D eigenvalue weighted by Gasteiger charge is 2.18. The Kier molecular flexibility index (Phi) is 5.48. The lowest BCUT2D eigenvalue weighted by molar-refractivity contribution is 0.198. The number of benzene rings is 1. The van der Waals surface area contributed by atoms with Crippen LogP contribution in [0.4, 0.5) is 0 Å². The fourth-order valence-corrected chi connectivity index (χ4v) is 4.12. The molecule has 0 N–H and O–H groups in total. The molecule has 0 aliphatic carbocycles. The normalized spacial score (nSPS) is 15.1. The molecule has 1 aliphatic rings. The number of aromatic nitrogens is 5. The number of rotatable bonds is 5. The molecule has 0 spiro atoms. The molecule has 1 saturated heterocycles. The number of nitrogens with zero attached hydrogens (tertiary/aromatic N) is 7. The molecular formula is C24H23N7O. The van der Waals surface area contributed by atoms with Gasteiger partial charge in [0, 0.05) is 48.7 Å². The van der Waals surface area contributed by atoms with Crippen LogP contribution < -0.4 is 5.69 Å². The molecule has 4 heterocycles. The molecule has 1 fully saturated rings. The van der Waals surface area contributed by atoms with Gasteiger partial charge in [-0.25, -0.2) is 14.3 Å². The van der Waals surface area contributed by atoms with Gasteiger partial charge in [-0.3, -0.25) is 4.57 Å². The van der Waals surface area contributed by atoms with E-state index in [-0.39, 0.29) is 11.6 Å². The first-order valence-electron chi connectivity index (χ1n) is 10.8. The Bertz CT molecular complexity index is 1330. The van der Waals surface area contributed by atoms with Crippen LogP contribution in [0.2, 0.25) is 0 Å². The van der Waals surface area contributed by atoms with E-state index in [9.17, 15) is 4.79 Å². The van der Waals surface area contributed by atoms with Crippen molar-refractivity contribution in [1.29, 1.82) is 5.26 Å². The Morgan fingerprint density at radius 1 is 1.03 bits per heavy atom. The predicted octanol–water partition coefficient (Wildman–Crippen LogP) is 2.86. The summed E-state index contributed by atoms with van der Waals surface area (Å²) < 4.78 is 3.35. The zero-order valence-electron chi connectivity index (χ0n) is 17.6. The highest BCUT2D eigenvalue weighted by molar-refractivity contribution is 5.77. The van der Waals surface area contributed by atoms with Gasteiger partial charge in [0.1, 0.15) is 0 Å². The second kappa shape index (κ2) is 8.73. The zero-order chi connectivity index (χ0) is 21.9. The second-order valence-electron chi connectivity index (χ2n) is 8.07. The molecule has 0 unspecified atom stereocenters. The minimum Gasteiger partial charge on any atom is -0.301 e. The lowest BCUT2D eigenvalue weighted by atomic mass is 9.99. The fraction of sp³-hybridized carbons (Fsp3) is 0.292. The van der Waals surface area contributed by atoms with E-state index in [0.29, 0.717) is 12.2 Å². The molecule has 0 bridgehead atoms. The van der Waals surface area contributed by atoms with E-state index in [1.807, 2.05) is 42.6 Å². The third-order valence-corrected chi connectivity index (χ3v) is 6.04. The van der Waals surface area contributed by atoms with Crippen molar-refractivity contribution >= 4 is 5.65 Å². The van der Waals surface area contributed by atoms with Crippen molar-refractivity contribution in [2.24, 2.45) is 5.92 Å². The molecule has 160 valence electrons. The molecule has 4 aromatic rings. The highest BCUT2D eigenvalue weighted by Crippen LogP contribution is 2.24. The third kappa shape index (κ3) is 4.03. The first-order chi connectivity index (χ1) is 15.7. The number of fused-ring (bicyclic) bond motifs is 1. The molecule has 0 atom stereocenters. The Hall–Kier alpha value is -3.83. The fourth-order valence-electron chi connectivity index (χ4n) is 4.12. The summed E-state index contributed by atoms with van der Waals surface area (Å²) in [5.41, 5.74) is 3.81. The summed E-state index contributed by atoms with van der Waals surface area (Å²) >= 11 is 0. The van der Waals surface area contributed by atoms with Gasteiger partial charge in [0.15, 0.2) is 5.65 Å². The van der Waals surface area contributed by atoms with Crippen LogP contribution >= 0.6 is 0 Å². The van der Waals surface area contributed by atoms with Crippen molar-refractivity contribution < 1.29 is 0 Å². The molecule has 8 nitrogen and oxygen atoms in total. The Balaban J connectivity index is 1.32. The van der Waals surface area contributed by atoms with E-state index >= 15 is 0 Å². The number of piperidine rings is 1. The molecule has 8 heteroatoms. The van der Waals surface area contributed by atoms with Crippen LogP contribution in [0.5, 0.6) is 0 Å². The SMILES string of the molecule is N#CC1CCN(CCn2ccc(-c3cnc4c(-c5ccccc5)cnn4c3)nc2=O)CC1. The standard InChI is InChI=1S/C24H23N7O/c25-14-18-6-9-29(10-7-18)12-13-30-11-8-22(28-24(30)32)20-15-26-23-21(16-27-31(23)17-20)19-4-2-1-3-5-19/h1-5,8,11,15-18H,6-7,9-10,12-13H2. The Morgan fingerprint density at radius 3 is 2.59 bits per heavy atom. The maximum atomic E-state index is 12.6. The maximum Gasteiger partial charge on any atom is 0.348 e. The van der Waals surface area contributed by atoms with Gasteiger partial charge in [0.25, 0.3) is 0 Å². The smallest absolute Gasteiger partial charge is 0.301 e. The van der Waals surface area contributed by atoms with Gasteiger partial charge in [0.2, 0.25) is 0 Å². The number of likely N-dealkylation sites (tertiary alicyclic amines) is 1. The molecule has 0 saturated carbocycles. The van der Waals surface area contributed by atoms with E-state index < -0.39 is 0 Å². The van der Waals surface area contributed by atoms with Gasteiger partial charge in [-0.15, -0.1) is 0 Å². The lowest BCUT2D eigenvalue weighted by Gasteiger charge is -2.28. The first-order valence-corrected chi connectivity index (χ1v) is 10.8. The number of hydrogen-bond donors (Lipinski definition) is 0. The highest BCUT2D eigenvalue weighted by atomic mass is 16.1. The minimum absolute atomic E-state index is 0.166. The van der Waals surface area contributed by atoms with Gasteiger partial charge < -0.3 is 4.90 Å². The van der Waals surface area contributed by atoms with Gasteiger partial charge >= 0.3 is 5.69 Å². The molecule has 1 aliphatic heterocycles. The summed E-state index contributed by atoms with van der Waals surface area (Å²) in [6, 6.07) is 14.2. The third-order valence-electron chi connectivity index (χ3n) is 6.04. The van der Waals surface area contributed by atoms with Crippen LogP contribution in [0, 0.1) is 17.2 Å². The molecule has 0 amide bonds. The summed E-state index contributed by atoms with van der Waals surface area (Å²) in [4.78, 5) is 23.7. The van der Waals surface area contributed by atoms with Crippen LogP contribution in [0.3, 0.4) is 0 Å². The van der Waals surface area contributed by atoms with E-state index in [2.05, 4.69) is 26.0 Å². The second-order valence-corrected chi connectivity index (χ2v) is 8.07. The molecule has 32 heavy (non-hydrogen) atoms. The summed E-state index contributed by atoms with van der Waals surface area (Å²) in [5, 5.41) is 13.5. The van der Waals surface area contributed by atoms with Crippen molar-refractivity contribution in [3.63, 3.8) is 0 Å². The molecule has 0 radical (unpaired) electrons. The van der Waals surface area contributed by atoms with Crippen LogP contribution in [0.1, 0.15) is 12.8 Å². The quantitative estimate of drug-likeness (QED) is 0.488. The van der Waals surface area contributed by atoms with Gasteiger partial charge in [-0.1, -0.05) is 30.3 Å². The topological polar surface area (TPSA) is 92.1 Å². The van der Waals surface area contributed by atoms with Crippen molar-refractivity contribution in [3.8, 4) is 28.5 Å². The van der Waals surface area contributed by atoms with Crippen LogP contribution in [-0.4, -0.2) is 48.7 Å².